The van der Waals surface area contributed by atoms with Gasteiger partial charge in [0.25, 0.3) is 5.17 Å². The van der Waals surface area contributed by atoms with Crippen LogP contribution in [0.25, 0.3) is 0 Å². The van der Waals surface area contributed by atoms with Gasteiger partial charge >= 0.3 is 0 Å². The molecular formula is C14H21NOS. The summed E-state index contributed by atoms with van der Waals surface area (Å²) >= 11 is 5.33. The molecule has 0 N–H and O–H groups in total. The number of hydrogen-bond donors (Lipinski definition) is 0. The Bertz CT molecular complexity index is 358. The van der Waals surface area contributed by atoms with E-state index in [4.69, 9.17) is 17.0 Å². The maximum Gasteiger partial charge on any atom is 0.260 e. The van der Waals surface area contributed by atoms with Crippen molar-refractivity contribution in [1.82, 2.24) is 4.90 Å². The van der Waals surface area contributed by atoms with Crippen molar-refractivity contribution in [3.05, 3.63) is 35.9 Å². The summed E-state index contributed by atoms with van der Waals surface area (Å²) in [5.74, 6) is 0. The zero-order chi connectivity index (χ0) is 12.9. The molecule has 0 aliphatic carbocycles. The van der Waals surface area contributed by atoms with Crippen molar-refractivity contribution < 1.29 is 4.74 Å². The second-order valence-electron chi connectivity index (χ2n) is 4.42. The molecular weight excluding hydrogens is 230 g/mol. The highest BCUT2D eigenvalue weighted by atomic mass is 32.1. The smallest absolute Gasteiger partial charge is 0.260 e. The number of nitrogens with zero attached hydrogens (tertiary/aromatic N) is 1. The van der Waals surface area contributed by atoms with E-state index in [1.165, 1.54) is 0 Å². The maximum absolute atomic E-state index is 5.93. The van der Waals surface area contributed by atoms with Gasteiger partial charge < -0.3 is 9.64 Å². The van der Waals surface area contributed by atoms with E-state index in [-0.39, 0.29) is 5.60 Å². The van der Waals surface area contributed by atoms with Gasteiger partial charge in [-0.1, -0.05) is 30.3 Å². The van der Waals surface area contributed by atoms with Gasteiger partial charge in [0.15, 0.2) is 0 Å². The van der Waals surface area contributed by atoms with E-state index in [0.29, 0.717) is 5.17 Å². The van der Waals surface area contributed by atoms with Crippen molar-refractivity contribution in [3.8, 4) is 0 Å². The van der Waals surface area contributed by atoms with Gasteiger partial charge in [-0.3, -0.25) is 0 Å². The van der Waals surface area contributed by atoms with E-state index in [1.807, 2.05) is 36.9 Å². The SMILES string of the molecule is CCN(CC)C(=S)OC(C)(C)c1ccccc1. The van der Waals surface area contributed by atoms with Gasteiger partial charge in [-0.05, 0) is 45.5 Å². The van der Waals surface area contributed by atoms with E-state index >= 15 is 0 Å². The van der Waals surface area contributed by atoms with Crippen molar-refractivity contribution in [2.24, 2.45) is 0 Å². The minimum atomic E-state index is -0.388. The van der Waals surface area contributed by atoms with Crippen LogP contribution in [0.3, 0.4) is 0 Å². The quantitative estimate of drug-likeness (QED) is 0.759. The highest BCUT2D eigenvalue weighted by molar-refractivity contribution is 7.80. The molecule has 0 spiro atoms. The van der Waals surface area contributed by atoms with E-state index < -0.39 is 0 Å². The van der Waals surface area contributed by atoms with Crippen LogP contribution in [0.5, 0.6) is 0 Å². The third kappa shape index (κ3) is 3.70. The average molecular weight is 251 g/mol. The molecule has 0 aliphatic rings. The number of benzene rings is 1. The largest absolute Gasteiger partial charge is 0.460 e. The summed E-state index contributed by atoms with van der Waals surface area (Å²) in [5, 5.41) is 0.573. The molecule has 1 aromatic rings. The van der Waals surface area contributed by atoms with Gasteiger partial charge in [0.1, 0.15) is 5.60 Å². The lowest BCUT2D eigenvalue weighted by molar-refractivity contribution is 0.0751. The highest BCUT2D eigenvalue weighted by Gasteiger charge is 2.24. The lowest BCUT2D eigenvalue weighted by atomic mass is 9.98. The topological polar surface area (TPSA) is 12.5 Å². The fraction of sp³-hybridized carbons (Fsp3) is 0.500. The first-order valence-corrected chi connectivity index (χ1v) is 6.45. The predicted octanol–water partition coefficient (Wildman–Crippen LogP) is 3.57. The molecule has 0 aliphatic heterocycles. The molecule has 0 saturated carbocycles. The Balaban J connectivity index is 2.76. The number of rotatable bonds is 4. The summed E-state index contributed by atoms with van der Waals surface area (Å²) in [4.78, 5) is 2.04. The van der Waals surface area contributed by atoms with Crippen LogP contribution in [0, 0.1) is 0 Å². The number of ether oxygens (including phenoxy) is 1. The van der Waals surface area contributed by atoms with Crippen LogP contribution in [0.4, 0.5) is 0 Å². The standard InChI is InChI=1S/C14H21NOS/c1-5-15(6-2)13(17)16-14(3,4)12-10-8-7-9-11-12/h7-11H,5-6H2,1-4H3. The van der Waals surface area contributed by atoms with Crippen molar-refractivity contribution >= 4 is 17.4 Å². The molecule has 0 saturated heterocycles. The first-order chi connectivity index (χ1) is 8.01. The second-order valence-corrected chi connectivity index (χ2v) is 4.77. The lowest BCUT2D eigenvalue weighted by Gasteiger charge is -2.31. The molecule has 0 fully saturated rings. The van der Waals surface area contributed by atoms with Gasteiger partial charge in [-0.25, -0.2) is 0 Å². The second kappa shape index (κ2) is 6.01. The van der Waals surface area contributed by atoms with Crippen LogP contribution < -0.4 is 0 Å². The van der Waals surface area contributed by atoms with Crippen LogP contribution in [0.15, 0.2) is 30.3 Å². The third-order valence-corrected chi connectivity index (χ3v) is 3.17. The summed E-state index contributed by atoms with van der Waals surface area (Å²) in [6, 6.07) is 10.2. The van der Waals surface area contributed by atoms with Gasteiger partial charge in [0, 0.05) is 13.1 Å². The van der Waals surface area contributed by atoms with Crippen LogP contribution >= 0.6 is 12.2 Å². The van der Waals surface area contributed by atoms with Crippen LogP contribution in [0.1, 0.15) is 33.3 Å². The van der Waals surface area contributed by atoms with Crippen LogP contribution in [-0.4, -0.2) is 23.2 Å². The zero-order valence-corrected chi connectivity index (χ0v) is 11.9. The Labute approximate surface area is 110 Å². The van der Waals surface area contributed by atoms with Gasteiger partial charge in [0.2, 0.25) is 0 Å². The fourth-order valence-electron chi connectivity index (χ4n) is 1.66. The molecule has 1 rings (SSSR count). The monoisotopic (exact) mass is 251 g/mol. The molecule has 0 bridgehead atoms. The molecule has 0 aromatic heterocycles. The van der Waals surface area contributed by atoms with Crippen molar-refractivity contribution in [2.45, 2.75) is 33.3 Å². The molecule has 17 heavy (non-hydrogen) atoms. The molecule has 3 heteroatoms. The molecule has 0 unspecified atom stereocenters. The third-order valence-electron chi connectivity index (χ3n) is 2.83. The maximum atomic E-state index is 5.93. The minimum absolute atomic E-state index is 0.388. The number of hydrogen-bond acceptors (Lipinski definition) is 2. The van der Waals surface area contributed by atoms with Crippen molar-refractivity contribution in [3.63, 3.8) is 0 Å². The van der Waals surface area contributed by atoms with E-state index in [2.05, 4.69) is 26.0 Å². The average Bonchev–Trinajstić information content (AvgIpc) is 2.31. The first kappa shape index (κ1) is 14.0. The predicted molar refractivity (Wildman–Crippen MR) is 76.1 cm³/mol. The molecule has 2 nitrogen and oxygen atoms in total. The summed E-state index contributed by atoms with van der Waals surface area (Å²) in [6.45, 7) is 9.99. The van der Waals surface area contributed by atoms with Crippen LogP contribution in [-0.2, 0) is 10.3 Å². The van der Waals surface area contributed by atoms with Crippen molar-refractivity contribution in [2.75, 3.05) is 13.1 Å². The van der Waals surface area contributed by atoms with Gasteiger partial charge in [-0.2, -0.15) is 0 Å². The fourth-order valence-corrected chi connectivity index (χ4v) is 2.13. The van der Waals surface area contributed by atoms with Crippen LogP contribution in [0.2, 0.25) is 0 Å². The molecule has 0 heterocycles. The summed E-state index contributed by atoms with van der Waals surface area (Å²) in [7, 11) is 0. The van der Waals surface area contributed by atoms with Gasteiger partial charge in [0.05, 0.1) is 0 Å². The zero-order valence-electron chi connectivity index (χ0n) is 11.1. The van der Waals surface area contributed by atoms with Crippen molar-refractivity contribution in [1.29, 1.82) is 0 Å². The Morgan fingerprint density at radius 2 is 1.71 bits per heavy atom. The Morgan fingerprint density at radius 3 is 2.18 bits per heavy atom. The van der Waals surface area contributed by atoms with E-state index in [9.17, 15) is 0 Å². The van der Waals surface area contributed by atoms with E-state index in [1.54, 1.807) is 0 Å². The minimum Gasteiger partial charge on any atom is -0.460 e. The first-order valence-electron chi connectivity index (χ1n) is 6.04. The van der Waals surface area contributed by atoms with E-state index in [0.717, 1.165) is 18.7 Å². The number of thiocarbonyl (C=S) groups is 1. The lowest BCUT2D eigenvalue weighted by Crippen LogP contribution is -2.36. The molecule has 0 atom stereocenters. The normalized spacial score (nSPS) is 11.1. The van der Waals surface area contributed by atoms with Gasteiger partial charge in [-0.15, -0.1) is 0 Å². The molecule has 0 amide bonds. The Hall–Kier alpha value is -1.09. The summed E-state index contributed by atoms with van der Waals surface area (Å²) in [5.41, 5.74) is 0.746. The molecule has 1 aromatic carbocycles. The Kier molecular flexibility index (Phi) is 4.94. The highest BCUT2D eigenvalue weighted by Crippen LogP contribution is 2.25. The summed E-state index contributed by atoms with van der Waals surface area (Å²) < 4.78 is 5.93. The molecule has 94 valence electrons. The molecule has 0 radical (unpaired) electrons. The Morgan fingerprint density at radius 1 is 1.18 bits per heavy atom. The summed E-state index contributed by atoms with van der Waals surface area (Å²) in [6.07, 6.45) is 0.